The minimum absolute atomic E-state index is 0.0288. The molecule has 39 heavy (non-hydrogen) atoms. The number of thioether (sulfide) groups is 1. The van der Waals surface area contributed by atoms with E-state index in [-0.39, 0.29) is 60.4 Å². The van der Waals surface area contributed by atoms with E-state index in [1.165, 1.54) is 17.8 Å². The highest BCUT2D eigenvalue weighted by Crippen LogP contribution is 2.50. The van der Waals surface area contributed by atoms with Crippen LogP contribution in [0.5, 0.6) is 0 Å². The van der Waals surface area contributed by atoms with Crippen molar-refractivity contribution in [1.29, 1.82) is 0 Å². The zero-order valence-corrected chi connectivity index (χ0v) is 22.2. The first kappa shape index (κ1) is 24.7. The molecule has 11 heteroatoms. The summed E-state index contributed by atoms with van der Waals surface area (Å²) in [5, 5.41) is 22.0. The van der Waals surface area contributed by atoms with E-state index in [1.54, 1.807) is 29.4 Å². The number of cyclic esters (lactones) is 1. The minimum Gasteiger partial charge on any atom is -0.458 e. The molecule has 0 radical (unpaired) electrons. The Labute approximate surface area is 226 Å². The fourth-order valence-electron chi connectivity index (χ4n) is 6.51. The van der Waals surface area contributed by atoms with E-state index in [9.17, 15) is 24.6 Å². The first-order valence-electron chi connectivity index (χ1n) is 13.1. The van der Waals surface area contributed by atoms with Crippen LogP contribution in [-0.4, -0.2) is 54.9 Å². The number of fused-ring (bicyclic) bond motifs is 5. The number of carbonyl (C=O) groups is 2. The van der Waals surface area contributed by atoms with Gasteiger partial charge < -0.3 is 24.4 Å². The number of amides is 1. The zero-order valence-electron chi connectivity index (χ0n) is 21.4. The Bertz CT molecular complexity index is 1700. The number of hydrogen-bond donors (Lipinski definition) is 2. The molecule has 2 aromatic heterocycles. The van der Waals surface area contributed by atoms with Crippen molar-refractivity contribution >= 4 is 34.5 Å². The second kappa shape index (κ2) is 8.36. The number of nitrogens with zero attached hydrogens (tertiary/aromatic N) is 3. The summed E-state index contributed by atoms with van der Waals surface area (Å²) in [7, 11) is 0. The van der Waals surface area contributed by atoms with Crippen LogP contribution < -0.4 is 5.56 Å². The molecule has 2 unspecified atom stereocenters. The monoisotopic (exact) mass is 551 g/mol. The van der Waals surface area contributed by atoms with Gasteiger partial charge in [0.25, 0.3) is 5.56 Å². The number of hydrogen-bond acceptors (Lipinski definition) is 8. The molecule has 0 saturated carbocycles. The standard InChI is InChI=1S/C28H26FN3O6S/c1-3-28(37)16-7-19-24-14(9-32(19)26(35)15(16)10-38-27(28)36)22-20(31-5-4-13(33)6-21(31)34)11-39-25-12(2)17(29)8-18(30-24)23(22)25/h7-8,13,20,33,37H,3-6,9-11H2,1-2H3/t13?,20?,28-/m0/s1. The van der Waals surface area contributed by atoms with Gasteiger partial charge in [-0.3, -0.25) is 9.59 Å². The molecular weight excluding hydrogens is 525 g/mol. The molecule has 3 atom stereocenters. The fraction of sp³-hybridized carbons (Fsp3) is 0.429. The summed E-state index contributed by atoms with van der Waals surface area (Å²) in [6.07, 6.45) is -0.133. The molecule has 3 aromatic rings. The molecule has 7 rings (SSSR count). The number of pyridine rings is 2. The molecule has 2 N–H and O–H groups in total. The summed E-state index contributed by atoms with van der Waals surface area (Å²) in [4.78, 5) is 46.7. The summed E-state index contributed by atoms with van der Waals surface area (Å²) in [6.45, 7) is 3.73. The van der Waals surface area contributed by atoms with E-state index in [4.69, 9.17) is 9.72 Å². The molecule has 0 aliphatic carbocycles. The van der Waals surface area contributed by atoms with Crippen LogP contribution in [0, 0.1) is 12.7 Å². The number of aliphatic hydroxyl groups excluding tert-OH is 1. The molecule has 1 amide bonds. The summed E-state index contributed by atoms with van der Waals surface area (Å²) >= 11 is 1.49. The minimum atomic E-state index is -1.95. The highest BCUT2D eigenvalue weighted by atomic mass is 32.2. The van der Waals surface area contributed by atoms with Crippen molar-refractivity contribution in [2.75, 3.05) is 12.3 Å². The molecule has 1 aromatic carbocycles. The predicted octanol–water partition coefficient (Wildman–Crippen LogP) is 2.66. The van der Waals surface area contributed by atoms with Gasteiger partial charge in [0.15, 0.2) is 5.60 Å². The number of aliphatic hydroxyl groups is 2. The van der Waals surface area contributed by atoms with Gasteiger partial charge in [0.05, 0.1) is 47.6 Å². The third-order valence-electron chi connectivity index (χ3n) is 8.69. The Morgan fingerprint density at radius 3 is 2.79 bits per heavy atom. The maximum Gasteiger partial charge on any atom is 0.343 e. The van der Waals surface area contributed by atoms with Crippen molar-refractivity contribution in [3.63, 3.8) is 0 Å². The molecule has 6 heterocycles. The Hall–Kier alpha value is -3.28. The smallest absolute Gasteiger partial charge is 0.343 e. The topological polar surface area (TPSA) is 122 Å². The normalized spacial score (nSPS) is 25.4. The Kier molecular flexibility index (Phi) is 5.30. The number of likely N-dealkylation sites (tertiary alicyclic amines) is 1. The summed E-state index contributed by atoms with van der Waals surface area (Å²) in [5.74, 6) is -0.827. The van der Waals surface area contributed by atoms with Crippen LogP contribution in [-0.2, 0) is 33.1 Å². The van der Waals surface area contributed by atoms with Gasteiger partial charge in [0, 0.05) is 39.8 Å². The third kappa shape index (κ3) is 3.26. The molecule has 0 spiro atoms. The maximum atomic E-state index is 15.1. The van der Waals surface area contributed by atoms with E-state index in [0.29, 0.717) is 41.2 Å². The van der Waals surface area contributed by atoms with Gasteiger partial charge in [-0.05, 0) is 37.0 Å². The van der Waals surface area contributed by atoms with Gasteiger partial charge in [-0.2, -0.15) is 0 Å². The quantitative estimate of drug-likeness (QED) is 0.365. The van der Waals surface area contributed by atoms with Crippen molar-refractivity contribution < 1.29 is 28.9 Å². The van der Waals surface area contributed by atoms with Gasteiger partial charge in [0.2, 0.25) is 5.91 Å². The second-order valence-corrected chi connectivity index (χ2v) is 11.8. The lowest BCUT2D eigenvalue weighted by molar-refractivity contribution is -0.172. The number of esters is 1. The van der Waals surface area contributed by atoms with Crippen LogP contribution in [0.4, 0.5) is 4.39 Å². The molecule has 202 valence electrons. The first-order chi connectivity index (χ1) is 18.6. The van der Waals surface area contributed by atoms with E-state index >= 15 is 4.39 Å². The van der Waals surface area contributed by atoms with E-state index in [2.05, 4.69) is 0 Å². The first-order valence-corrected chi connectivity index (χ1v) is 14.1. The SMILES string of the molecule is CC[C@@]1(O)C(=O)OCc2c1cc1n(c2=O)Cc2c-1nc1cc(F)c(C)c3c1c2C(N1CCC(O)CC1=O)CS3. The molecule has 1 saturated heterocycles. The van der Waals surface area contributed by atoms with E-state index in [1.807, 2.05) is 0 Å². The molecule has 4 aliphatic heterocycles. The van der Waals surface area contributed by atoms with Gasteiger partial charge >= 0.3 is 5.97 Å². The largest absolute Gasteiger partial charge is 0.458 e. The Balaban J connectivity index is 1.51. The van der Waals surface area contributed by atoms with Gasteiger partial charge in [0.1, 0.15) is 12.4 Å². The number of piperidine rings is 1. The van der Waals surface area contributed by atoms with Gasteiger partial charge in [-0.25, -0.2) is 14.2 Å². The second-order valence-electron chi connectivity index (χ2n) is 10.7. The van der Waals surface area contributed by atoms with Crippen LogP contribution in [0.2, 0.25) is 0 Å². The lowest BCUT2D eigenvalue weighted by Crippen LogP contribution is -2.44. The molecular formula is C28H26FN3O6S. The Morgan fingerprint density at radius 1 is 1.26 bits per heavy atom. The fourth-order valence-corrected chi connectivity index (χ4v) is 7.86. The van der Waals surface area contributed by atoms with Crippen LogP contribution in [0.25, 0.3) is 22.3 Å². The van der Waals surface area contributed by atoms with E-state index < -0.39 is 17.7 Å². The highest BCUT2D eigenvalue weighted by Gasteiger charge is 2.46. The van der Waals surface area contributed by atoms with Crippen molar-refractivity contribution in [2.24, 2.45) is 0 Å². The molecule has 0 bridgehead atoms. The summed E-state index contributed by atoms with van der Waals surface area (Å²) in [6, 6.07) is 2.68. The molecule has 4 aliphatic rings. The average molecular weight is 552 g/mol. The number of ether oxygens (including phenoxy) is 1. The van der Waals surface area contributed by atoms with Crippen LogP contribution in [0.15, 0.2) is 21.8 Å². The Morgan fingerprint density at radius 2 is 2.05 bits per heavy atom. The summed E-state index contributed by atoms with van der Waals surface area (Å²) < 4.78 is 21.8. The average Bonchev–Trinajstić information content (AvgIpc) is 3.28. The highest BCUT2D eigenvalue weighted by molar-refractivity contribution is 7.99. The lowest BCUT2D eigenvalue weighted by atomic mass is 9.86. The van der Waals surface area contributed by atoms with Gasteiger partial charge in [-0.15, -0.1) is 11.8 Å². The van der Waals surface area contributed by atoms with Crippen molar-refractivity contribution in [1.82, 2.24) is 14.5 Å². The van der Waals surface area contributed by atoms with Crippen LogP contribution >= 0.6 is 11.8 Å². The van der Waals surface area contributed by atoms with Crippen LogP contribution in [0.1, 0.15) is 60.0 Å². The van der Waals surface area contributed by atoms with Crippen LogP contribution in [0.3, 0.4) is 0 Å². The number of halogens is 1. The van der Waals surface area contributed by atoms with Gasteiger partial charge in [-0.1, -0.05) is 6.92 Å². The number of rotatable bonds is 2. The summed E-state index contributed by atoms with van der Waals surface area (Å²) in [5.41, 5.74) is 1.58. The van der Waals surface area contributed by atoms with E-state index in [0.717, 1.165) is 21.4 Å². The number of carbonyl (C=O) groups excluding carboxylic acids is 2. The zero-order chi connectivity index (χ0) is 27.4. The third-order valence-corrected chi connectivity index (χ3v) is 9.97. The van der Waals surface area contributed by atoms with Crippen molar-refractivity contribution in [3.8, 4) is 11.4 Å². The predicted molar refractivity (Wildman–Crippen MR) is 140 cm³/mol. The molecule has 1 fully saturated rings. The lowest BCUT2D eigenvalue weighted by Gasteiger charge is -2.39. The van der Waals surface area contributed by atoms with Crippen molar-refractivity contribution in [2.45, 2.75) is 68.9 Å². The van der Waals surface area contributed by atoms with Crippen molar-refractivity contribution in [3.05, 3.63) is 56.1 Å². The number of benzene rings is 1. The maximum absolute atomic E-state index is 15.1. The molecule has 9 nitrogen and oxygen atoms in total. The number of aromatic nitrogens is 2.